The van der Waals surface area contributed by atoms with Gasteiger partial charge in [-0.3, -0.25) is 4.79 Å². The van der Waals surface area contributed by atoms with E-state index in [0.29, 0.717) is 23.1 Å². The van der Waals surface area contributed by atoms with Gasteiger partial charge < -0.3 is 11.1 Å². The Balaban J connectivity index is 1.94. The van der Waals surface area contributed by atoms with Crippen molar-refractivity contribution in [2.75, 3.05) is 5.73 Å². The van der Waals surface area contributed by atoms with E-state index in [-0.39, 0.29) is 5.78 Å². The van der Waals surface area contributed by atoms with Gasteiger partial charge in [-0.1, -0.05) is 12.2 Å². The van der Waals surface area contributed by atoms with E-state index in [1.807, 2.05) is 17.5 Å². The number of nitrogens with zero attached hydrogens (tertiary/aromatic N) is 1. The summed E-state index contributed by atoms with van der Waals surface area (Å²) < 4.78 is 0. The van der Waals surface area contributed by atoms with Crippen molar-refractivity contribution in [1.29, 1.82) is 0 Å². The first-order chi connectivity index (χ1) is 9.04. The first-order valence-electron chi connectivity index (χ1n) is 5.61. The van der Waals surface area contributed by atoms with E-state index in [2.05, 4.69) is 10.3 Å². The fourth-order valence-electron chi connectivity index (χ4n) is 1.49. The summed E-state index contributed by atoms with van der Waals surface area (Å²) in [5.41, 5.74) is 6.53. The summed E-state index contributed by atoms with van der Waals surface area (Å²) in [5.74, 6) is 0.0716. The number of nitrogens with two attached hydrogens (primary N) is 1. The number of carbonyl (C=O) groups is 1. The van der Waals surface area contributed by atoms with E-state index in [9.17, 15) is 4.79 Å². The molecule has 0 aliphatic carbocycles. The van der Waals surface area contributed by atoms with Crippen LogP contribution in [0, 0.1) is 0 Å². The molecule has 7 heteroatoms. The molecule has 0 unspecified atom stereocenters. The van der Waals surface area contributed by atoms with Gasteiger partial charge in [0.25, 0.3) is 0 Å². The molecule has 0 radical (unpaired) electrons. The Kier molecular flexibility index (Phi) is 4.62. The molecule has 2 heterocycles. The van der Waals surface area contributed by atoms with E-state index in [1.165, 1.54) is 18.3 Å². The number of anilines is 1. The number of nitrogen functional groups attached to an aromatic ring is 1. The number of hydrogen-bond acceptors (Lipinski definition) is 6. The molecule has 100 valence electrons. The normalized spacial score (nSPS) is 10.4. The minimum absolute atomic E-state index is 0.0716. The average Bonchev–Trinajstić information content (AvgIpc) is 2.94. The minimum Gasteiger partial charge on any atom is -0.375 e. The van der Waals surface area contributed by atoms with Crippen LogP contribution in [-0.2, 0) is 11.3 Å². The van der Waals surface area contributed by atoms with Crippen molar-refractivity contribution in [3.8, 4) is 10.6 Å². The molecule has 0 amide bonds. The van der Waals surface area contributed by atoms with Crippen molar-refractivity contribution in [1.82, 2.24) is 10.3 Å². The maximum atomic E-state index is 10.9. The molecule has 0 aromatic carbocycles. The van der Waals surface area contributed by atoms with Gasteiger partial charge in [0.1, 0.15) is 5.78 Å². The minimum atomic E-state index is 0.0716. The van der Waals surface area contributed by atoms with Gasteiger partial charge in [-0.05, 0) is 19.1 Å². The summed E-state index contributed by atoms with van der Waals surface area (Å²) in [6.45, 7) is 2.17. The standard InChI is InChI=1S/C12H13N3OS3/c1-7(16)4-11(17)14-5-8-2-3-10(19-8)9-6-18-12(13)15-9/h2-3,6H,4-5H2,1H3,(H2,13,15)(H,14,17). The molecule has 0 spiro atoms. The summed E-state index contributed by atoms with van der Waals surface area (Å²) in [6, 6.07) is 4.04. The molecule has 0 bridgehead atoms. The van der Waals surface area contributed by atoms with Gasteiger partial charge in [-0.2, -0.15) is 0 Å². The van der Waals surface area contributed by atoms with Crippen LogP contribution >= 0.6 is 34.9 Å². The predicted octanol–water partition coefficient (Wildman–Crippen LogP) is 2.85. The number of thiophene rings is 1. The van der Waals surface area contributed by atoms with Crippen molar-refractivity contribution < 1.29 is 4.79 Å². The SMILES string of the molecule is CC(=O)CC(=S)NCc1ccc(-c2csc(N)n2)s1. The lowest BCUT2D eigenvalue weighted by molar-refractivity contribution is -0.115. The van der Waals surface area contributed by atoms with E-state index < -0.39 is 0 Å². The van der Waals surface area contributed by atoms with Crippen LogP contribution in [0.5, 0.6) is 0 Å². The Morgan fingerprint density at radius 2 is 2.32 bits per heavy atom. The molecule has 4 nitrogen and oxygen atoms in total. The Morgan fingerprint density at radius 1 is 1.53 bits per heavy atom. The maximum absolute atomic E-state index is 10.9. The lowest BCUT2D eigenvalue weighted by Crippen LogP contribution is -2.22. The van der Waals surface area contributed by atoms with Crippen LogP contribution in [0.3, 0.4) is 0 Å². The highest BCUT2D eigenvalue weighted by Gasteiger charge is 2.07. The summed E-state index contributed by atoms with van der Waals surface area (Å²) in [4.78, 5) is 18.0. The number of thiocarbonyl (C=S) groups is 1. The third kappa shape index (κ3) is 4.09. The van der Waals surface area contributed by atoms with Crippen molar-refractivity contribution >= 4 is 50.8 Å². The van der Waals surface area contributed by atoms with Crippen LogP contribution in [0.1, 0.15) is 18.2 Å². The van der Waals surface area contributed by atoms with Gasteiger partial charge in [0.15, 0.2) is 5.13 Å². The van der Waals surface area contributed by atoms with Gasteiger partial charge in [-0.25, -0.2) is 4.98 Å². The summed E-state index contributed by atoms with van der Waals surface area (Å²) in [7, 11) is 0. The van der Waals surface area contributed by atoms with Gasteiger partial charge in [0, 0.05) is 16.8 Å². The Labute approximate surface area is 124 Å². The first-order valence-corrected chi connectivity index (χ1v) is 7.71. The van der Waals surface area contributed by atoms with Gasteiger partial charge in [-0.15, -0.1) is 22.7 Å². The Hall–Kier alpha value is -1.31. The zero-order chi connectivity index (χ0) is 13.8. The first kappa shape index (κ1) is 14.1. The van der Waals surface area contributed by atoms with Gasteiger partial charge >= 0.3 is 0 Å². The van der Waals surface area contributed by atoms with Gasteiger partial charge in [0.05, 0.1) is 22.0 Å². The van der Waals surface area contributed by atoms with E-state index in [4.69, 9.17) is 18.0 Å². The molecule has 19 heavy (non-hydrogen) atoms. The summed E-state index contributed by atoms with van der Waals surface area (Å²) in [6.07, 6.45) is 0.302. The second-order valence-electron chi connectivity index (χ2n) is 3.99. The fourth-order valence-corrected chi connectivity index (χ4v) is 3.31. The largest absolute Gasteiger partial charge is 0.375 e. The second-order valence-corrected chi connectivity index (χ2v) is 6.54. The molecule has 0 aliphatic heterocycles. The predicted molar refractivity (Wildman–Crippen MR) is 84.6 cm³/mol. The molecule has 2 aromatic heterocycles. The van der Waals surface area contributed by atoms with E-state index in [1.54, 1.807) is 11.3 Å². The molecule has 0 atom stereocenters. The molecule has 0 fully saturated rings. The number of aromatic nitrogens is 1. The van der Waals surface area contributed by atoms with Crippen LogP contribution in [0.2, 0.25) is 0 Å². The molecule has 2 aromatic rings. The Morgan fingerprint density at radius 3 is 2.95 bits per heavy atom. The summed E-state index contributed by atoms with van der Waals surface area (Å²) >= 11 is 8.15. The highest BCUT2D eigenvalue weighted by Crippen LogP contribution is 2.29. The second kappa shape index (κ2) is 6.23. The fraction of sp³-hybridized carbons (Fsp3) is 0.250. The van der Waals surface area contributed by atoms with Crippen LogP contribution < -0.4 is 11.1 Å². The molecular formula is C12H13N3OS3. The number of ketones is 1. The number of hydrogen-bond donors (Lipinski definition) is 2. The lowest BCUT2D eigenvalue weighted by atomic mass is 10.3. The van der Waals surface area contributed by atoms with E-state index in [0.717, 1.165) is 15.4 Å². The third-order valence-corrected chi connectivity index (χ3v) is 4.38. The van der Waals surface area contributed by atoms with E-state index >= 15 is 0 Å². The molecule has 0 saturated heterocycles. The number of Topliss-reactive ketones (excluding diaryl/α,β-unsaturated/α-hetero) is 1. The lowest BCUT2D eigenvalue weighted by Gasteiger charge is -2.03. The zero-order valence-electron chi connectivity index (χ0n) is 10.3. The van der Waals surface area contributed by atoms with Crippen LogP contribution in [0.25, 0.3) is 10.6 Å². The maximum Gasteiger partial charge on any atom is 0.180 e. The quantitative estimate of drug-likeness (QED) is 0.831. The Bertz CT molecular complexity index is 603. The molecular weight excluding hydrogens is 298 g/mol. The summed E-state index contributed by atoms with van der Waals surface area (Å²) in [5, 5.41) is 5.60. The van der Waals surface area contributed by atoms with Crippen molar-refractivity contribution in [2.24, 2.45) is 0 Å². The van der Waals surface area contributed by atoms with Crippen LogP contribution in [0.4, 0.5) is 5.13 Å². The highest BCUT2D eigenvalue weighted by molar-refractivity contribution is 7.80. The molecule has 0 saturated carbocycles. The smallest absolute Gasteiger partial charge is 0.180 e. The third-order valence-electron chi connectivity index (χ3n) is 2.31. The number of carbonyl (C=O) groups excluding carboxylic acids is 1. The van der Waals surface area contributed by atoms with Crippen LogP contribution in [0.15, 0.2) is 17.5 Å². The topological polar surface area (TPSA) is 68.0 Å². The zero-order valence-corrected chi connectivity index (χ0v) is 12.8. The van der Waals surface area contributed by atoms with Crippen molar-refractivity contribution in [3.63, 3.8) is 0 Å². The number of nitrogens with one attached hydrogen (secondary N) is 1. The highest BCUT2D eigenvalue weighted by atomic mass is 32.1. The molecule has 3 N–H and O–H groups in total. The number of rotatable bonds is 5. The molecule has 0 aliphatic rings. The van der Waals surface area contributed by atoms with Crippen molar-refractivity contribution in [2.45, 2.75) is 19.9 Å². The van der Waals surface area contributed by atoms with Crippen molar-refractivity contribution in [3.05, 3.63) is 22.4 Å². The van der Waals surface area contributed by atoms with Crippen LogP contribution in [-0.4, -0.2) is 15.8 Å². The molecule has 2 rings (SSSR count). The number of thiazole rings is 1. The monoisotopic (exact) mass is 311 g/mol. The average molecular weight is 311 g/mol. The van der Waals surface area contributed by atoms with Gasteiger partial charge in [0.2, 0.25) is 0 Å².